The molecule has 6 heteroatoms. The normalized spacial score (nSPS) is 13.5. The molecule has 0 aliphatic carbocycles. The van der Waals surface area contributed by atoms with Crippen molar-refractivity contribution in [2.45, 2.75) is 315 Å². The first kappa shape index (κ1) is 65.6. The molecular formula is C62H113NO5. The maximum Gasteiger partial charge on any atom is 0.306 e. The quantitative estimate of drug-likeness (QED) is 0.0244. The lowest BCUT2D eigenvalue weighted by Gasteiger charge is -2.24. The molecule has 3 unspecified atom stereocenters. The highest BCUT2D eigenvalue weighted by Gasteiger charge is 2.24. The molecule has 68 heavy (non-hydrogen) atoms. The van der Waals surface area contributed by atoms with Gasteiger partial charge in [0.1, 0.15) is 6.10 Å². The summed E-state index contributed by atoms with van der Waals surface area (Å²) < 4.78 is 5.95. The van der Waals surface area contributed by atoms with Gasteiger partial charge in [0.15, 0.2) is 0 Å². The molecule has 0 saturated heterocycles. The molecule has 0 aliphatic rings. The van der Waals surface area contributed by atoms with Crippen LogP contribution in [0.3, 0.4) is 0 Å². The summed E-state index contributed by atoms with van der Waals surface area (Å²) in [4.78, 5) is 26.3. The molecule has 0 aromatic heterocycles. The smallest absolute Gasteiger partial charge is 0.306 e. The fourth-order valence-corrected chi connectivity index (χ4v) is 8.91. The Bertz CT molecular complexity index is 1210. The van der Waals surface area contributed by atoms with E-state index in [2.05, 4.69) is 86.8 Å². The van der Waals surface area contributed by atoms with Crippen molar-refractivity contribution < 1.29 is 24.5 Å². The number of aliphatic hydroxyl groups excluding tert-OH is 2. The van der Waals surface area contributed by atoms with Gasteiger partial charge in [0.2, 0.25) is 5.91 Å². The summed E-state index contributed by atoms with van der Waals surface area (Å²) >= 11 is 0. The second-order valence-corrected chi connectivity index (χ2v) is 20.1. The second-order valence-electron chi connectivity index (χ2n) is 20.1. The Morgan fingerprint density at radius 3 is 1.21 bits per heavy atom. The molecule has 0 spiro atoms. The minimum atomic E-state index is -0.797. The zero-order chi connectivity index (χ0) is 49.5. The Balaban J connectivity index is 4.60. The van der Waals surface area contributed by atoms with Crippen molar-refractivity contribution in [3.8, 4) is 0 Å². The Morgan fingerprint density at radius 1 is 0.426 bits per heavy atom. The van der Waals surface area contributed by atoms with Gasteiger partial charge in [0.25, 0.3) is 0 Å². The Hall–Kier alpha value is -2.44. The third-order valence-corrected chi connectivity index (χ3v) is 13.4. The molecule has 3 N–H and O–H groups in total. The number of hydrogen-bond acceptors (Lipinski definition) is 5. The Morgan fingerprint density at radius 2 is 0.765 bits per heavy atom. The van der Waals surface area contributed by atoms with Crippen LogP contribution in [0.2, 0.25) is 0 Å². The van der Waals surface area contributed by atoms with Crippen molar-refractivity contribution in [1.82, 2.24) is 5.32 Å². The number of carbonyl (C=O) groups is 2. The van der Waals surface area contributed by atoms with Gasteiger partial charge >= 0.3 is 5.97 Å². The zero-order valence-corrected chi connectivity index (χ0v) is 45.2. The number of aliphatic hydroxyl groups is 2. The first-order chi connectivity index (χ1) is 33.5. The number of ether oxygens (including phenoxy) is 1. The van der Waals surface area contributed by atoms with Gasteiger partial charge in [0, 0.05) is 6.42 Å². The predicted molar refractivity (Wildman–Crippen MR) is 296 cm³/mol. The molecule has 0 saturated carbocycles. The summed E-state index contributed by atoms with van der Waals surface area (Å²) in [5.74, 6) is -0.500. The van der Waals surface area contributed by atoms with Crippen molar-refractivity contribution in [2.75, 3.05) is 6.61 Å². The average Bonchev–Trinajstić information content (AvgIpc) is 3.33. The molecule has 396 valence electrons. The van der Waals surface area contributed by atoms with E-state index in [9.17, 15) is 19.8 Å². The highest BCUT2D eigenvalue weighted by molar-refractivity contribution is 5.77. The lowest BCUT2D eigenvalue weighted by molar-refractivity contribution is -0.151. The van der Waals surface area contributed by atoms with E-state index in [1.54, 1.807) is 0 Å². The van der Waals surface area contributed by atoms with Crippen LogP contribution in [-0.2, 0) is 14.3 Å². The van der Waals surface area contributed by atoms with Crippen LogP contribution in [0.4, 0.5) is 0 Å². The summed E-state index contributed by atoms with van der Waals surface area (Å²) in [5, 5.41) is 23.9. The first-order valence-corrected chi connectivity index (χ1v) is 29.6. The molecule has 0 fully saturated rings. The summed E-state index contributed by atoms with van der Waals surface area (Å²) in [6.45, 7) is 6.46. The molecule has 6 nitrogen and oxygen atoms in total. The number of amides is 1. The van der Waals surface area contributed by atoms with Gasteiger partial charge in [-0.15, -0.1) is 0 Å². The number of esters is 1. The number of carbonyl (C=O) groups excluding carboxylic acids is 2. The van der Waals surface area contributed by atoms with E-state index in [0.717, 1.165) is 89.9 Å². The van der Waals surface area contributed by atoms with E-state index in [-0.39, 0.29) is 24.9 Å². The van der Waals surface area contributed by atoms with E-state index < -0.39 is 18.2 Å². The Labute approximate surface area is 422 Å². The van der Waals surface area contributed by atoms with E-state index in [1.807, 2.05) is 0 Å². The van der Waals surface area contributed by atoms with Crippen LogP contribution in [-0.4, -0.2) is 46.9 Å². The molecule has 0 rings (SSSR count). The van der Waals surface area contributed by atoms with Crippen molar-refractivity contribution in [3.63, 3.8) is 0 Å². The number of allylic oxidation sites excluding steroid dienone is 10. The van der Waals surface area contributed by atoms with Gasteiger partial charge in [-0.2, -0.15) is 0 Å². The predicted octanol–water partition coefficient (Wildman–Crippen LogP) is 18.4. The van der Waals surface area contributed by atoms with Crippen LogP contribution < -0.4 is 5.32 Å². The summed E-state index contributed by atoms with van der Waals surface area (Å²) in [5.41, 5.74) is 0. The summed E-state index contributed by atoms with van der Waals surface area (Å²) in [7, 11) is 0. The van der Waals surface area contributed by atoms with Crippen LogP contribution >= 0.6 is 0 Å². The van der Waals surface area contributed by atoms with Gasteiger partial charge < -0.3 is 20.3 Å². The molecule has 0 aromatic carbocycles. The number of nitrogens with one attached hydrogen (secondary N) is 1. The molecule has 3 atom stereocenters. The Kier molecular flexibility index (Phi) is 53.5. The molecular weight excluding hydrogens is 839 g/mol. The number of hydrogen-bond donors (Lipinski definition) is 3. The molecule has 0 heterocycles. The first-order valence-electron chi connectivity index (χ1n) is 29.6. The third kappa shape index (κ3) is 50.0. The summed E-state index contributed by atoms with van der Waals surface area (Å²) in [6.07, 6.45) is 69.9. The van der Waals surface area contributed by atoms with E-state index >= 15 is 0 Å². The molecule has 0 aliphatic heterocycles. The number of rotatable bonds is 53. The van der Waals surface area contributed by atoms with Crippen LogP contribution in [0.1, 0.15) is 297 Å². The maximum atomic E-state index is 13.3. The van der Waals surface area contributed by atoms with Crippen molar-refractivity contribution in [1.29, 1.82) is 0 Å². The minimum Gasteiger partial charge on any atom is -0.462 e. The van der Waals surface area contributed by atoms with Crippen molar-refractivity contribution in [3.05, 3.63) is 60.8 Å². The third-order valence-electron chi connectivity index (χ3n) is 13.4. The topological polar surface area (TPSA) is 95.9 Å². The fraction of sp³-hybridized carbons (Fsp3) is 0.806. The standard InChI is InChI=1S/C62H113NO5/c1-4-7-10-13-16-19-22-25-28-30-31-34-37-40-43-46-49-52-55-62(67)68-58(53-50-47-44-41-38-35-32-27-24-21-18-15-12-9-6-3)56-61(66)63-59(57-64)60(65)54-51-48-45-42-39-36-33-29-26-23-20-17-14-11-8-5-2/h16,19,22,25,27-28,30-32,34,58-60,64-65H,4-15,17-18,20-21,23-24,26,29,33,35-57H2,1-3H3,(H,63,66)/b19-16+,25-22+,30-28+,32-27+,34-31+. The van der Waals surface area contributed by atoms with E-state index in [0.29, 0.717) is 19.3 Å². The monoisotopic (exact) mass is 952 g/mol. The zero-order valence-electron chi connectivity index (χ0n) is 45.2. The van der Waals surface area contributed by atoms with Gasteiger partial charge in [-0.1, -0.05) is 268 Å². The van der Waals surface area contributed by atoms with Crippen LogP contribution in [0.25, 0.3) is 0 Å². The number of unbranched alkanes of at least 4 members (excludes halogenated alkanes) is 34. The van der Waals surface area contributed by atoms with Gasteiger partial charge in [0.05, 0.1) is 25.2 Å². The van der Waals surface area contributed by atoms with Gasteiger partial charge in [-0.05, 0) is 77.0 Å². The lowest BCUT2D eigenvalue weighted by atomic mass is 10.0. The molecule has 0 bridgehead atoms. The van der Waals surface area contributed by atoms with E-state index in [4.69, 9.17) is 4.74 Å². The molecule has 0 radical (unpaired) electrons. The lowest BCUT2D eigenvalue weighted by Crippen LogP contribution is -2.46. The largest absolute Gasteiger partial charge is 0.462 e. The fourth-order valence-electron chi connectivity index (χ4n) is 8.91. The molecule has 1 amide bonds. The molecule has 0 aromatic rings. The van der Waals surface area contributed by atoms with Crippen molar-refractivity contribution >= 4 is 11.9 Å². The van der Waals surface area contributed by atoms with Crippen LogP contribution in [0.15, 0.2) is 60.8 Å². The van der Waals surface area contributed by atoms with Gasteiger partial charge in [-0.3, -0.25) is 9.59 Å². The minimum absolute atomic E-state index is 0.0621. The average molecular weight is 953 g/mol. The maximum absolute atomic E-state index is 13.3. The van der Waals surface area contributed by atoms with Gasteiger partial charge in [-0.25, -0.2) is 0 Å². The highest BCUT2D eigenvalue weighted by atomic mass is 16.5. The highest BCUT2D eigenvalue weighted by Crippen LogP contribution is 2.18. The second kappa shape index (κ2) is 55.5. The summed E-state index contributed by atoms with van der Waals surface area (Å²) in [6, 6.07) is -0.712. The van der Waals surface area contributed by atoms with Crippen LogP contribution in [0.5, 0.6) is 0 Å². The van der Waals surface area contributed by atoms with Crippen LogP contribution in [0, 0.1) is 0 Å². The SMILES string of the molecule is CCCCC/C=C/C=C/C=C/C=C/CCCCCCCC(=O)OC(CCCCCCC/C=C/CCCCCCCC)CC(=O)NC(CO)C(O)CCCCCCCCCCCCCCCCCC. The van der Waals surface area contributed by atoms with Crippen molar-refractivity contribution in [2.24, 2.45) is 0 Å². The van der Waals surface area contributed by atoms with E-state index in [1.165, 1.54) is 161 Å².